The summed E-state index contributed by atoms with van der Waals surface area (Å²) in [5, 5.41) is 2.55. The summed E-state index contributed by atoms with van der Waals surface area (Å²) >= 11 is 0. The van der Waals surface area contributed by atoms with E-state index in [1.165, 1.54) is 24.0 Å². The van der Waals surface area contributed by atoms with Crippen LogP contribution >= 0.6 is 0 Å². The van der Waals surface area contributed by atoms with E-state index in [1.54, 1.807) is 7.05 Å². The average molecular weight is 219 g/mol. The molecule has 0 bridgehead atoms. The molecule has 1 aliphatic rings. The summed E-state index contributed by atoms with van der Waals surface area (Å²) in [4.78, 5) is 11.1. The van der Waals surface area contributed by atoms with E-state index in [0.717, 1.165) is 18.6 Å². The van der Waals surface area contributed by atoms with Crippen molar-refractivity contribution in [1.29, 1.82) is 0 Å². The molecule has 0 heterocycles. The van der Waals surface area contributed by atoms with Crippen molar-refractivity contribution < 1.29 is 9.53 Å². The Labute approximate surface area is 95.8 Å². The summed E-state index contributed by atoms with van der Waals surface area (Å²) in [6.45, 7) is 0.104. The third kappa shape index (κ3) is 2.35. The number of amides is 1. The Hall–Kier alpha value is -1.51. The molecular formula is C13H17NO2. The van der Waals surface area contributed by atoms with Gasteiger partial charge in [0.25, 0.3) is 5.91 Å². The van der Waals surface area contributed by atoms with Crippen molar-refractivity contribution in [3.05, 3.63) is 29.3 Å². The zero-order chi connectivity index (χ0) is 11.4. The van der Waals surface area contributed by atoms with Gasteiger partial charge in [-0.25, -0.2) is 0 Å². The van der Waals surface area contributed by atoms with E-state index in [1.807, 2.05) is 12.1 Å². The Morgan fingerprint density at radius 1 is 1.38 bits per heavy atom. The van der Waals surface area contributed by atoms with Gasteiger partial charge in [-0.1, -0.05) is 12.1 Å². The van der Waals surface area contributed by atoms with Crippen LogP contribution in [0.2, 0.25) is 0 Å². The number of aryl methyl sites for hydroxylation is 1. The number of carbonyl (C=O) groups is 1. The molecule has 0 aliphatic heterocycles. The number of hydrogen-bond acceptors (Lipinski definition) is 2. The van der Waals surface area contributed by atoms with Crippen LogP contribution in [0.3, 0.4) is 0 Å². The lowest BCUT2D eigenvalue weighted by molar-refractivity contribution is -0.122. The highest BCUT2D eigenvalue weighted by Gasteiger charge is 2.14. The molecule has 0 saturated carbocycles. The monoisotopic (exact) mass is 219 g/mol. The van der Waals surface area contributed by atoms with Crippen molar-refractivity contribution in [3.63, 3.8) is 0 Å². The maximum Gasteiger partial charge on any atom is 0.257 e. The van der Waals surface area contributed by atoms with Gasteiger partial charge in [-0.05, 0) is 42.9 Å². The molecule has 0 unspecified atom stereocenters. The van der Waals surface area contributed by atoms with E-state index >= 15 is 0 Å². The number of ether oxygens (including phenoxy) is 1. The lowest BCUT2D eigenvalue weighted by atomic mass is 9.91. The Kier molecular flexibility index (Phi) is 3.44. The second kappa shape index (κ2) is 5.01. The first-order chi connectivity index (χ1) is 7.81. The van der Waals surface area contributed by atoms with Gasteiger partial charge >= 0.3 is 0 Å². The van der Waals surface area contributed by atoms with E-state index in [9.17, 15) is 4.79 Å². The Bertz CT molecular complexity index is 388. The summed E-state index contributed by atoms with van der Waals surface area (Å²) in [5.41, 5.74) is 2.67. The zero-order valence-corrected chi connectivity index (χ0v) is 9.58. The predicted octanol–water partition coefficient (Wildman–Crippen LogP) is 1.69. The fourth-order valence-electron chi connectivity index (χ4n) is 2.10. The van der Waals surface area contributed by atoms with Crippen LogP contribution in [-0.2, 0) is 17.6 Å². The third-order valence-corrected chi connectivity index (χ3v) is 2.99. The second-order valence-corrected chi connectivity index (χ2v) is 4.06. The van der Waals surface area contributed by atoms with Gasteiger partial charge in [-0.3, -0.25) is 4.79 Å². The number of benzene rings is 1. The van der Waals surface area contributed by atoms with Crippen molar-refractivity contribution in [1.82, 2.24) is 5.32 Å². The summed E-state index contributed by atoms with van der Waals surface area (Å²) in [5.74, 6) is 0.786. The van der Waals surface area contributed by atoms with Gasteiger partial charge in [0.2, 0.25) is 0 Å². The van der Waals surface area contributed by atoms with Crippen LogP contribution in [0.4, 0.5) is 0 Å². The summed E-state index contributed by atoms with van der Waals surface area (Å²) < 4.78 is 5.55. The maximum absolute atomic E-state index is 11.1. The fraction of sp³-hybridized carbons (Fsp3) is 0.462. The molecule has 1 aliphatic carbocycles. The van der Waals surface area contributed by atoms with Gasteiger partial charge in [-0.2, -0.15) is 0 Å². The van der Waals surface area contributed by atoms with Gasteiger partial charge in [-0.15, -0.1) is 0 Å². The summed E-state index contributed by atoms with van der Waals surface area (Å²) in [7, 11) is 1.62. The third-order valence-electron chi connectivity index (χ3n) is 2.99. The molecule has 0 atom stereocenters. The highest BCUT2D eigenvalue weighted by atomic mass is 16.5. The van der Waals surface area contributed by atoms with E-state index in [0.29, 0.717) is 0 Å². The largest absolute Gasteiger partial charge is 0.483 e. The summed E-state index contributed by atoms with van der Waals surface area (Å²) in [6, 6.07) is 6.11. The molecule has 1 amide bonds. The quantitative estimate of drug-likeness (QED) is 0.840. The van der Waals surface area contributed by atoms with Gasteiger partial charge < -0.3 is 10.1 Å². The molecule has 3 heteroatoms. The van der Waals surface area contributed by atoms with E-state index in [-0.39, 0.29) is 12.5 Å². The Balaban J connectivity index is 2.11. The minimum absolute atomic E-state index is 0.0894. The zero-order valence-electron chi connectivity index (χ0n) is 9.58. The van der Waals surface area contributed by atoms with Crippen LogP contribution < -0.4 is 10.1 Å². The highest BCUT2D eigenvalue weighted by molar-refractivity contribution is 5.77. The number of carbonyl (C=O) groups excluding carboxylic acids is 1. The first-order valence-electron chi connectivity index (χ1n) is 5.75. The van der Waals surface area contributed by atoms with Crippen LogP contribution in [0.15, 0.2) is 18.2 Å². The van der Waals surface area contributed by atoms with Crippen LogP contribution in [0.5, 0.6) is 5.75 Å². The minimum Gasteiger partial charge on any atom is -0.483 e. The van der Waals surface area contributed by atoms with E-state index in [4.69, 9.17) is 4.74 Å². The Morgan fingerprint density at radius 2 is 2.19 bits per heavy atom. The van der Waals surface area contributed by atoms with E-state index < -0.39 is 0 Å². The van der Waals surface area contributed by atoms with Crippen LogP contribution in [0.25, 0.3) is 0 Å². The molecular weight excluding hydrogens is 202 g/mol. The van der Waals surface area contributed by atoms with E-state index in [2.05, 4.69) is 11.4 Å². The molecule has 0 fully saturated rings. The maximum atomic E-state index is 11.1. The van der Waals surface area contributed by atoms with Gasteiger partial charge in [0.05, 0.1) is 0 Å². The van der Waals surface area contributed by atoms with Crippen molar-refractivity contribution in [2.45, 2.75) is 25.7 Å². The van der Waals surface area contributed by atoms with Crippen LogP contribution in [-0.4, -0.2) is 19.6 Å². The van der Waals surface area contributed by atoms with Crippen molar-refractivity contribution in [2.75, 3.05) is 13.7 Å². The first kappa shape index (κ1) is 11.0. The molecule has 0 saturated heterocycles. The lowest BCUT2D eigenvalue weighted by Gasteiger charge is -2.19. The molecule has 1 aromatic rings. The number of hydrogen-bond donors (Lipinski definition) is 1. The molecule has 1 N–H and O–H groups in total. The average Bonchev–Trinajstić information content (AvgIpc) is 2.35. The van der Waals surface area contributed by atoms with Crippen LogP contribution in [0.1, 0.15) is 24.0 Å². The number of likely N-dealkylation sites (N-methyl/N-ethyl adjacent to an activating group) is 1. The smallest absolute Gasteiger partial charge is 0.257 e. The molecule has 2 rings (SSSR count). The normalized spacial score (nSPS) is 14.1. The highest BCUT2D eigenvalue weighted by Crippen LogP contribution is 2.29. The van der Waals surface area contributed by atoms with Gasteiger partial charge in [0.15, 0.2) is 6.61 Å². The second-order valence-electron chi connectivity index (χ2n) is 4.06. The SMILES string of the molecule is CNC(=O)COc1cccc2c1CCCC2. The lowest BCUT2D eigenvalue weighted by Crippen LogP contribution is -2.25. The predicted molar refractivity (Wildman–Crippen MR) is 62.6 cm³/mol. The molecule has 0 spiro atoms. The molecule has 1 aromatic carbocycles. The summed E-state index contributed by atoms with van der Waals surface area (Å²) in [6.07, 6.45) is 4.67. The minimum atomic E-state index is -0.0894. The van der Waals surface area contributed by atoms with Crippen molar-refractivity contribution in [3.8, 4) is 5.75 Å². The molecule has 3 nitrogen and oxygen atoms in total. The molecule has 0 aromatic heterocycles. The molecule has 0 radical (unpaired) electrons. The Morgan fingerprint density at radius 3 is 3.00 bits per heavy atom. The number of fused-ring (bicyclic) bond motifs is 1. The standard InChI is InChI=1S/C13H17NO2/c1-14-13(15)9-16-12-8-4-6-10-5-2-3-7-11(10)12/h4,6,8H,2-3,5,7,9H2,1H3,(H,14,15). The van der Waals surface area contributed by atoms with Gasteiger partial charge in [0.1, 0.15) is 5.75 Å². The number of nitrogens with one attached hydrogen (secondary N) is 1. The van der Waals surface area contributed by atoms with Gasteiger partial charge in [0, 0.05) is 7.05 Å². The molecule has 86 valence electrons. The van der Waals surface area contributed by atoms with Crippen molar-refractivity contribution in [2.24, 2.45) is 0 Å². The van der Waals surface area contributed by atoms with Crippen LogP contribution in [0, 0.1) is 0 Å². The van der Waals surface area contributed by atoms with Crippen molar-refractivity contribution >= 4 is 5.91 Å². The number of rotatable bonds is 3. The molecule has 16 heavy (non-hydrogen) atoms. The fourth-order valence-corrected chi connectivity index (χ4v) is 2.10. The topological polar surface area (TPSA) is 38.3 Å². The first-order valence-corrected chi connectivity index (χ1v) is 5.75.